The van der Waals surface area contributed by atoms with E-state index in [0.29, 0.717) is 24.7 Å². The van der Waals surface area contributed by atoms with Crippen molar-refractivity contribution in [2.75, 3.05) is 0 Å². The van der Waals surface area contributed by atoms with E-state index in [1.807, 2.05) is 27.7 Å². The van der Waals surface area contributed by atoms with Crippen molar-refractivity contribution < 1.29 is 4.79 Å². The Bertz CT molecular complexity index is 255. The van der Waals surface area contributed by atoms with Crippen LogP contribution in [0.2, 0.25) is 0 Å². The van der Waals surface area contributed by atoms with E-state index in [0.717, 1.165) is 0 Å². The summed E-state index contributed by atoms with van der Waals surface area (Å²) >= 11 is 0. The third-order valence-electron chi connectivity index (χ3n) is 2.24. The zero-order valence-electron chi connectivity index (χ0n) is 10.7. The van der Waals surface area contributed by atoms with Crippen LogP contribution in [-0.4, -0.2) is 18.0 Å². The summed E-state index contributed by atoms with van der Waals surface area (Å²) < 4.78 is 0. The molecule has 2 atom stereocenters. The van der Waals surface area contributed by atoms with Crippen LogP contribution in [0.5, 0.6) is 0 Å². The molecule has 4 nitrogen and oxygen atoms in total. The van der Waals surface area contributed by atoms with Gasteiger partial charge in [-0.15, -0.1) is 0 Å². The molecular formula is C12H23N3O. The number of nitrogens with zero attached hydrogens (tertiary/aromatic N) is 1. The number of hydrogen-bond acceptors (Lipinski definition) is 3. The maximum atomic E-state index is 11.6. The second kappa shape index (κ2) is 7.24. The third-order valence-corrected chi connectivity index (χ3v) is 2.24. The van der Waals surface area contributed by atoms with Gasteiger partial charge >= 0.3 is 0 Å². The Morgan fingerprint density at radius 2 is 1.75 bits per heavy atom. The van der Waals surface area contributed by atoms with Crippen LogP contribution in [0.1, 0.15) is 40.5 Å². The minimum Gasteiger partial charge on any atom is -0.339 e. The van der Waals surface area contributed by atoms with Gasteiger partial charge in [-0.05, 0) is 24.7 Å². The first kappa shape index (κ1) is 14.9. The molecule has 0 aromatic carbocycles. The molecule has 0 fully saturated rings. The maximum absolute atomic E-state index is 11.6. The summed E-state index contributed by atoms with van der Waals surface area (Å²) in [4.78, 5) is 11.6. The predicted molar refractivity (Wildman–Crippen MR) is 64.4 cm³/mol. The van der Waals surface area contributed by atoms with Gasteiger partial charge in [0.25, 0.3) is 0 Å². The lowest BCUT2D eigenvalue weighted by atomic mass is 10.0. The number of nitrogens with one attached hydrogen (secondary N) is 1. The molecule has 0 aliphatic heterocycles. The molecule has 16 heavy (non-hydrogen) atoms. The highest BCUT2D eigenvalue weighted by Gasteiger charge is 2.19. The summed E-state index contributed by atoms with van der Waals surface area (Å²) in [5.74, 6) is 0.540. The van der Waals surface area contributed by atoms with E-state index in [4.69, 9.17) is 11.0 Å². The summed E-state index contributed by atoms with van der Waals surface area (Å²) in [6.07, 6.45) is 1.31. The summed E-state index contributed by atoms with van der Waals surface area (Å²) in [5, 5.41) is 11.6. The van der Waals surface area contributed by atoms with E-state index in [2.05, 4.69) is 11.4 Å². The van der Waals surface area contributed by atoms with Crippen molar-refractivity contribution in [3.05, 3.63) is 0 Å². The summed E-state index contributed by atoms with van der Waals surface area (Å²) in [6, 6.07) is 1.15. The topological polar surface area (TPSA) is 78.9 Å². The molecule has 4 heteroatoms. The molecule has 0 spiro atoms. The first-order valence-corrected chi connectivity index (χ1v) is 5.82. The molecular weight excluding hydrogens is 202 g/mol. The van der Waals surface area contributed by atoms with E-state index < -0.39 is 12.1 Å². The molecule has 0 rings (SSSR count). The van der Waals surface area contributed by atoms with E-state index in [-0.39, 0.29) is 5.91 Å². The van der Waals surface area contributed by atoms with Gasteiger partial charge < -0.3 is 11.1 Å². The molecule has 0 aromatic heterocycles. The van der Waals surface area contributed by atoms with Crippen molar-refractivity contribution in [3.8, 4) is 6.07 Å². The Morgan fingerprint density at radius 1 is 1.25 bits per heavy atom. The van der Waals surface area contributed by atoms with Crippen LogP contribution in [0.15, 0.2) is 0 Å². The van der Waals surface area contributed by atoms with Gasteiger partial charge in [-0.1, -0.05) is 27.7 Å². The average molecular weight is 225 g/mol. The van der Waals surface area contributed by atoms with E-state index in [1.165, 1.54) is 0 Å². The molecule has 0 heterocycles. The van der Waals surface area contributed by atoms with Crippen LogP contribution >= 0.6 is 0 Å². The van der Waals surface area contributed by atoms with Crippen LogP contribution < -0.4 is 11.1 Å². The number of amides is 1. The second-order valence-corrected chi connectivity index (χ2v) is 5.06. The summed E-state index contributed by atoms with van der Waals surface area (Å²) in [7, 11) is 0. The third kappa shape index (κ3) is 6.41. The standard InChI is InChI=1S/C12H23N3O/c1-8(2)5-10(7-13)15-12(16)11(14)6-9(3)4/h8-11H,5-6,14H2,1-4H3,(H,15,16). The van der Waals surface area contributed by atoms with Gasteiger partial charge in [-0.25, -0.2) is 0 Å². The van der Waals surface area contributed by atoms with Gasteiger partial charge in [0, 0.05) is 0 Å². The monoisotopic (exact) mass is 225 g/mol. The van der Waals surface area contributed by atoms with Crippen molar-refractivity contribution >= 4 is 5.91 Å². The summed E-state index contributed by atoms with van der Waals surface area (Å²) in [5.41, 5.74) is 5.73. The van der Waals surface area contributed by atoms with Gasteiger partial charge in [0.2, 0.25) is 5.91 Å². The molecule has 0 radical (unpaired) electrons. The van der Waals surface area contributed by atoms with Gasteiger partial charge in [0.05, 0.1) is 12.1 Å². The maximum Gasteiger partial charge on any atom is 0.237 e. The minimum atomic E-state index is -0.511. The van der Waals surface area contributed by atoms with Gasteiger partial charge in [-0.3, -0.25) is 4.79 Å². The fourth-order valence-electron chi connectivity index (χ4n) is 1.51. The molecule has 0 aliphatic carbocycles. The lowest BCUT2D eigenvalue weighted by Gasteiger charge is -2.18. The van der Waals surface area contributed by atoms with Crippen molar-refractivity contribution in [1.82, 2.24) is 5.32 Å². The minimum absolute atomic E-state index is 0.221. The lowest BCUT2D eigenvalue weighted by Crippen LogP contribution is -2.45. The van der Waals surface area contributed by atoms with Crippen LogP contribution in [0.25, 0.3) is 0 Å². The van der Waals surface area contributed by atoms with Gasteiger partial charge in [-0.2, -0.15) is 5.26 Å². The second-order valence-electron chi connectivity index (χ2n) is 5.06. The molecule has 0 saturated carbocycles. The number of rotatable bonds is 6. The Balaban J connectivity index is 4.15. The highest BCUT2D eigenvalue weighted by Crippen LogP contribution is 2.06. The fraction of sp³-hybridized carbons (Fsp3) is 0.833. The molecule has 3 N–H and O–H groups in total. The Labute approximate surface area is 98.2 Å². The highest BCUT2D eigenvalue weighted by atomic mass is 16.2. The Hall–Kier alpha value is -1.08. The van der Waals surface area contributed by atoms with Crippen LogP contribution in [0, 0.1) is 23.2 Å². The number of nitrogens with two attached hydrogens (primary N) is 1. The highest BCUT2D eigenvalue weighted by molar-refractivity contribution is 5.82. The lowest BCUT2D eigenvalue weighted by molar-refractivity contribution is -0.123. The fourth-order valence-corrected chi connectivity index (χ4v) is 1.51. The number of hydrogen-bond donors (Lipinski definition) is 2. The molecule has 0 aromatic rings. The predicted octanol–water partition coefficient (Wildman–Crippen LogP) is 1.41. The largest absolute Gasteiger partial charge is 0.339 e. The summed E-state index contributed by atoms with van der Waals surface area (Å²) in [6.45, 7) is 8.07. The van der Waals surface area contributed by atoms with Gasteiger partial charge in [0.15, 0.2) is 0 Å². The van der Waals surface area contributed by atoms with Crippen LogP contribution in [-0.2, 0) is 4.79 Å². The zero-order chi connectivity index (χ0) is 12.7. The SMILES string of the molecule is CC(C)CC(C#N)NC(=O)C(N)CC(C)C. The average Bonchev–Trinajstić information content (AvgIpc) is 2.14. The zero-order valence-corrected chi connectivity index (χ0v) is 10.7. The molecule has 1 amide bonds. The molecule has 0 aliphatic rings. The first-order valence-electron chi connectivity index (χ1n) is 5.82. The molecule has 92 valence electrons. The quantitative estimate of drug-likeness (QED) is 0.717. The van der Waals surface area contributed by atoms with Gasteiger partial charge in [0.1, 0.15) is 6.04 Å². The van der Waals surface area contributed by atoms with Crippen molar-refractivity contribution in [2.45, 2.75) is 52.6 Å². The first-order chi connectivity index (χ1) is 7.36. The molecule has 2 unspecified atom stereocenters. The normalized spacial score (nSPS) is 14.6. The number of carbonyl (C=O) groups excluding carboxylic acids is 1. The van der Waals surface area contributed by atoms with E-state index in [1.54, 1.807) is 0 Å². The molecule has 0 bridgehead atoms. The van der Waals surface area contributed by atoms with Crippen LogP contribution in [0.3, 0.4) is 0 Å². The number of nitriles is 1. The molecule has 0 saturated heterocycles. The van der Waals surface area contributed by atoms with Crippen molar-refractivity contribution in [1.29, 1.82) is 5.26 Å². The van der Waals surface area contributed by atoms with Crippen molar-refractivity contribution in [2.24, 2.45) is 17.6 Å². The van der Waals surface area contributed by atoms with E-state index in [9.17, 15) is 4.79 Å². The van der Waals surface area contributed by atoms with Crippen LogP contribution in [0.4, 0.5) is 0 Å². The Morgan fingerprint density at radius 3 is 2.12 bits per heavy atom. The Kier molecular flexibility index (Phi) is 6.75. The van der Waals surface area contributed by atoms with E-state index >= 15 is 0 Å². The number of carbonyl (C=O) groups is 1. The van der Waals surface area contributed by atoms with Crippen molar-refractivity contribution in [3.63, 3.8) is 0 Å². The smallest absolute Gasteiger partial charge is 0.237 e.